The van der Waals surface area contributed by atoms with E-state index >= 15 is 0 Å². The van der Waals surface area contributed by atoms with Gasteiger partial charge >= 0.3 is 0 Å². The van der Waals surface area contributed by atoms with E-state index in [1.165, 1.54) is 12.8 Å². The number of para-hydroxylation sites is 2. The zero-order chi connectivity index (χ0) is 17.4. The number of H-pyrrole nitrogens is 1. The van der Waals surface area contributed by atoms with Gasteiger partial charge in [0.05, 0.1) is 23.5 Å². The quantitative estimate of drug-likeness (QED) is 0.584. The monoisotopic (exact) mass is 330 g/mol. The lowest BCUT2D eigenvalue weighted by Gasteiger charge is -2.15. The van der Waals surface area contributed by atoms with Gasteiger partial charge in [-0.3, -0.25) is 9.59 Å². The summed E-state index contributed by atoms with van der Waals surface area (Å²) in [5.41, 5.74) is 7.00. The van der Waals surface area contributed by atoms with Gasteiger partial charge in [0.25, 0.3) is 0 Å². The Morgan fingerprint density at radius 3 is 2.67 bits per heavy atom. The Morgan fingerprint density at radius 2 is 1.96 bits per heavy atom. The number of hydrogen-bond acceptors (Lipinski definition) is 3. The normalized spacial score (nSPS) is 12.2. The molecular weight excluding hydrogens is 304 g/mol. The molecule has 130 valence electrons. The summed E-state index contributed by atoms with van der Waals surface area (Å²) in [4.78, 5) is 31.1. The molecule has 1 aromatic carbocycles. The second kappa shape index (κ2) is 9.05. The van der Waals surface area contributed by atoms with Crippen LogP contribution in [0.5, 0.6) is 0 Å². The maximum Gasteiger partial charge on any atom is 0.220 e. The van der Waals surface area contributed by atoms with E-state index in [1.807, 2.05) is 24.3 Å². The van der Waals surface area contributed by atoms with Crippen LogP contribution in [-0.4, -0.2) is 21.8 Å². The number of benzene rings is 1. The van der Waals surface area contributed by atoms with Gasteiger partial charge in [0.2, 0.25) is 11.8 Å². The van der Waals surface area contributed by atoms with Crippen LogP contribution in [0.25, 0.3) is 11.0 Å². The zero-order valence-corrected chi connectivity index (χ0v) is 14.2. The number of fused-ring (bicyclic) bond motifs is 1. The number of aromatic nitrogens is 2. The van der Waals surface area contributed by atoms with Crippen molar-refractivity contribution in [3.05, 3.63) is 30.1 Å². The van der Waals surface area contributed by atoms with Crippen LogP contribution in [0.15, 0.2) is 24.3 Å². The van der Waals surface area contributed by atoms with Gasteiger partial charge in [0.1, 0.15) is 5.82 Å². The predicted molar refractivity (Wildman–Crippen MR) is 94.2 cm³/mol. The van der Waals surface area contributed by atoms with Gasteiger partial charge in [-0.2, -0.15) is 0 Å². The van der Waals surface area contributed by atoms with E-state index in [4.69, 9.17) is 5.73 Å². The number of hydrogen-bond donors (Lipinski definition) is 3. The van der Waals surface area contributed by atoms with Crippen LogP contribution in [0, 0.1) is 0 Å². The molecule has 6 nitrogen and oxygen atoms in total. The van der Waals surface area contributed by atoms with Crippen LogP contribution in [0.3, 0.4) is 0 Å². The van der Waals surface area contributed by atoms with Crippen molar-refractivity contribution in [2.45, 2.75) is 57.9 Å². The van der Waals surface area contributed by atoms with Gasteiger partial charge in [0, 0.05) is 6.42 Å². The first kappa shape index (κ1) is 18.0. The highest BCUT2D eigenvalue weighted by molar-refractivity contribution is 5.80. The number of rotatable bonds is 10. The third-order valence-corrected chi connectivity index (χ3v) is 3.99. The van der Waals surface area contributed by atoms with Crippen LogP contribution in [0.4, 0.5) is 0 Å². The second-order valence-corrected chi connectivity index (χ2v) is 6.09. The highest BCUT2D eigenvalue weighted by Crippen LogP contribution is 2.18. The number of amides is 2. The van der Waals surface area contributed by atoms with Crippen molar-refractivity contribution in [3.8, 4) is 0 Å². The summed E-state index contributed by atoms with van der Waals surface area (Å²) in [7, 11) is 0. The number of carbonyl (C=O) groups is 2. The first-order chi connectivity index (χ1) is 11.6. The van der Waals surface area contributed by atoms with E-state index in [2.05, 4.69) is 22.2 Å². The van der Waals surface area contributed by atoms with E-state index < -0.39 is 11.9 Å². The van der Waals surface area contributed by atoms with Crippen LogP contribution in [0.2, 0.25) is 0 Å². The van der Waals surface area contributed by atoms with Gasteiger partial charge in [-0.1, -0.05) is 44.7 Å². The highest BCUT2D eigenvalue weighted by atomic mass is 16.2. The molecule has 0 bridgehead atoms. The Balaban J connectivity index is 1.97. The first-order valence-corrected chi connectivity index (χ1v) is 8.62. The second-order valence-electron chi connectivity index (χ2n) is 6.09. The standard InChI is InChI=1S/C18H26N4O2/c1-2-3-4-5-6-11-17(24)20-15(12-16(19)23)18-21-13-9-7-8-10-14(13)22-18/h7-10,15H,2-6,11-12H2,1H3,(H2,19,23)(H,20,24)(H,21,22)/t15-/m1/s1. The lowest BCUT2D eigenvalue weighted by Crippen LogP contribution is -2.32. The number of primary amides is 1. The van der Waals surface area contributed by atoms with Crippen LogP contribution in [-0.2, 0) is 9.59 Å². The Labute approximate surface area is 142 Å². The van der Waals surface area contributed by atoms with Gasteiger partial charge in [-0.05, 0) is 18.6 Å². The van der Waals surface area contributed by atoms with Crippen LogP contribution in [0.1, 0.15) is 63.7 Å². The molecule has 0 saturated carbocycles. The smallest absolute Gasteiger partial charge is 0.220 e. The van der Waals surface area contributed by atoms with Crippen molar-refractivity contribution in [1.82, 2.24) is 15.3 Å². The minimum Gasteiger partial charge on any atom is -0.370 e. The lowest BCUT2D eigenvalue weighted by molar-refractivity contribution is -0.122. The molecule has 24 heavy (non-hydrogen) atoms. The van der Waals surface area contributed by atoms with E-state index in [-0.39, 0.29) is 12.3 Å². The largest absolute Gasteiger partial charge is 0.370 e. The molecule has 1 heterocycles. The summed E-state index contributed by atoms with van der Waals surface area (Å²) in [6.07, 6.45) is 5.92. The number of nitrogens with one attached hydrogen (secondary N) is 2. The number of nitrogens with two attached hydrogens (primary N) is 1. The molecule has 0 saturated heterocycles. The molecule has 0 aliphatic carbocycles. The van der Waals surface area contributed by atoms with Crippen molar-refractivity contribution >= 4 is 22.8 Å². The van der Waals surface area contributed by atoms with Crippen molar-refractivity contribution < 1.29 is 9.59 Å². The summed E-state index contributed by atoms with van der Waals surface area (Å²) in [6, 6.07) is 7.07. The topological polar surface area (TPSA) is 101 Å². The molecule has 0 radical (unpaired) electrons. The van der Waals surface area contributed by atoms with Crippen LogP contribution < -0.4 is 11.1 Å². The molecule has 4 N–H and O–H groups in total. The average Bonchev–Trinajstić information content (AvgIpc) is 2.97. The number of carbonyl (C=O) groups excluding carboxylic acids is 2. The summed E-state index contributed by atoms with van der Waals surface area (Å²) >= 11 is 0. The third kappa shape index (κ3) is 5.37. The number of nitrogens with zero attached hydrogens (tertiary/aromatic N) is 1. The third-order valence-electron chi connectivity index (χ3n) is 3.99. The fourth-order valence-electron chi connectivity index (χ4n) is 2.71. The molecule has 0 aliphatic heterocycles. The molecule has 1 atom stereocenters. The Kier molecular flexibility index (Phi) is 6.78. The highest BCUT2D eigenvalue weighted by Gasteiger charge is 2.20. The van der Waals surface area contributed by atoms with Crippen molar-refractivity contribution in [3.63, 3.8) is 0 Å². The number of imidazole rings is 1. The van der Waals surface area contributed by atoms with Crippen molar-refractivity contribution in [1.29, 1.82) is 0 Å². The molecule has 2 aromatic rings. The van der Waals surface area contributed by atoms with Crippen molar-refractivity contribution in [2.24, 2.45) is 5.73 Å². The van der Waals surface area contributed by atoms with E-state index in [9.17, 15) is 9.59 Å². The summed E-state index contributed by atoms with van der Waals surface area (Å²) in [5.74, 6) is 0.0243. The molecule has 6 heteroatoms. The Bertz CT molecular complexity index is 647. The minimum absolute atomic E-state index is 0.0292. The molecule has 2 amide bonds. The molecule has 0 fully saturated rings. The fourth-order valence-corrected chi connectivity index (χ4v) is 2.71. The van der Waals surface area contributed by atoms with Crippen molar-refractivity contribution in [2.75, 3.05) is 0 Å². The van der Waals surface area contributed by atoms with Gasteiger partial charge in [-0.15, -0.1) is 0 Å². The average molecular weight is 330 g/mol. The Hall–Kier alpha value is -2.37. The Morgan fingerprint density at radius 1 is 1.21 bits per heavy atom. The van der Waals surface area contributed by atoms with E-state index in [0.717, 1.165) is 30.3 Å². The molecule has 0 spiro atoms. The molecule has 0 aliphatic rings. The molecule has 1 aromatic heterocycles. The van der Waals surface area contributed by atoms with Gasteiger partial charge in [-0.25, -0.2) is 4.98 Å². The number of aromatic amines is 1. The SMILES string of the molecule is CCCCCCCC(=O)N[C@H](CC(N)=O)c1nc2ccccc2[nH]1. The maximum absolute atomic E-state index is 12.2. The van der Waals surface area contributed by atoms with Gasteiger partial charge in [0.15, 0.2) is 0 Å². The molecule has 2 rings (SSSR count). The predicted octanol–water partition coefficient (Wildman–Crippen LogP) is 2.96. The van der Waals surface area contributed by atoms with Crippen LogP contribution >= 0.6 is 0 Å². The number of unbranched alkanes of at least 4 members (excludes halogenated alkanes) is 4. The van der Waals surface area contributed by atoms with E-state index in [0.29, 0.717) is 12.2 Å². The minimum atomic E-state index is -0.516. The maximum atomic E-state index is 12.2. The summed E-state index contributed by atoms with van der Waals surface area (Å²) < 4.78 is 0. The first-order valence-electron chi connectivity index (χ1n) is 8.62. The van der Waals surface area contributed by atoms with E-state index in [1.54, 1.807) is 0 Å². The summed E-state index contributed by atoms with van der Waals surface area (Å²) in [5, 5.41) is 2.88. The molecule has 0 unspecified atom stereocenters. The van der Waals surface area contributed by atoms with Gasteiger partial charge < -0.3 is 16.0 Å². The lowest BCUT2D eigenvalue weighted by atomic mass is 10.1. The fraction of sp³-hybridized carbons (Fsp3) is 0.500. The summed E-state index contributed by atoms with van der Waals surface area (Å²) in [6.45, 7) is 2.16. The zero-order valence-electron chi connectivity index (χ0n) is 14.2. The molecular formula is C18H26N4O2.